The van der Waals surface area contributed by atoms with Gasteiger partial charge in [-0.25, -0.2) is 9.78 Å². The van der Waals surface area contributed by atoms with Gasteiger partial charge >= 0.3 is 6.03 Å². The summed E-state index contributed by atoms with van der Waals surface area (Å²) in [4.78, 5) is 46.5. The van der Waals surface area contributed by atoms with Crippen LogP contribution in [-0.2, 0) is 22.6 Å². The largest absolute Gasteiger partial charge is 0.352 e. The molecule has 0 radical (unpaired) electrons. The van der Waals surface area contributed by atoms with E-state index < -0.39 is 17.5 Å². The Morgan fingerprint density at radius 3 is 2.83 bits per heavy atom. The van der Waals surface area contributed by atoms with Crippen LogP contribution >= 0.6 is 11.3 Å². The van der Waals surface area contributed by atoms with Crippen molar-refractivity contribution >= 4 is 40.7 Å². The minimum Gasteiger partial charge on any atom is -0.352 e. The molecule has 2 fully saturated rings. The summed E-state index contributed by atoms with van der Waals surface area (Å²) in [6, 6.07) is 5.36. The standard InChI is InChI=1S/C21H23N5O3S/c27-18(13-26-19(28)21(24-20(26)29)7-1-2-8-21)23-15-3-4-17(22-11-15)25-9-5-16-14(12-25)6-10-30-16/h3-4,6,10-11H,1-2,5,7-9,12-13H2,(H,23,27)(H,24,29). The fourth-order valence-corrected chi connectivity index (χ4v) is 5.46. The Balaban J connectivity index is 1.20. The zero-order chi connectivity index (χ0) is 20.7. The van der Waals surface area contributed by atoms with Crippen molar-refractivity contribution < 1.29 is 14.4 Å². The van der Waals surface area contributed by atoms with E-state index in [1.165, 1.54) is 10.4 Å². The summed E-state index contributed by atoms with van der Waals surface area (Å²) >= 11 is 1.80. The number of carbonyl (C=O) groups excluding carboxylic acids is 3. The number of hydrogen-bond donors (Lipinski definition) is 2. The van der Waals surface area contributed by atoms with Gasteiger partial charge in [0.05, 0.1) is 11.9 Å². The first-order valence-corrected chi connectivity index (χ1v) is 11.1. The third-order valence-electron chi connectivity index (χ3n) is 6.17. The zero-order valence-corrected chi connectivity index (χ0v) is 17.3. The van der Waals surface area contributed by atoms with E-state index >= 15 is 0 Å². The minimum absolute atomic E-state index is 0.286. The van der Waals surface area contributed by atoms with Crippen LogP contribution in [0.2, 0.25) is 0 Å². The van der Waals surface area contributed by atoms with Crippen LogP contribution in [0.15, 0.2) is 29.8 Å². The SMILES string of the molecule is O=C(CN1C(=O)NC2(CCCC2)C1=O)Nc1ccc(N2CCc3sccc3C2)nc1. The molecule has 1 saturated heterocycles. The van der Waals surface area contributed by atoms with Gasteiger partial charge in [0.2, 0.25) is 5.91 Å². The molecule has 2 aliphatic heterocycles. The van der Waals surface area contributed by atoms with Gasteiger partial charge in [0.25, 0.3) is 5.91 Å². The van der Waals surface area contributed by atoms with Gasteiger partial charge in [0, 0.05) is 18.0 Å². The van der Waals surface area contributed by atoms with Crippen LogP contribution in [0.4, 0.5) is 16.3 Å². The first-order valence-electron chi connectivity index (χ1n) is 10.2. The Bertz CT molecular complexity index is 996. The molecule has 5 rings (SSSR count). The van der Waals surface area contributed by atoms with Gasteiger partial charge in [0.15, 0.2) is 0 Å². The normalized spacial score (nSPS) is 19.9. The van der Waals surface area contributed by atoms with Crippen molar-refractivity contribution in [3.8, 4) is 0 Å². The van der Waals surface area contributed by atoms with Gasteiger partial charge in [-0.15, -0.1) is 11.3 Å². The lowest BCUT2D eigenvalue weighted by Gasteiger charge is -2.28. The highest BCUT2D eigenvalue weighted by molar-refractivity contribution is 7.10. The maximum Gasteiger partial charge on any atom is 0.325 e. The van der Waals surface area contributed by atoms with Crippen LogP contribution < -0.4 is 15.5 Å². The van der Waals surface area contributed by atoms with Crippen LogP contribution in [0.1, 0.15) is 36.1 Å². The number of imide groups is 1. The van der Waals surface area contributed by atoms with Gasteiger partial charge in [-0.3, -0.25) is 14.5 Å². The van der Waals surface area contributed by atoms with Gasteiger partial charge < -0.3 is 15.5 Å². The molecule has 1 saturated carbocycles. The maximum atomic E-state index is 12.7. The number of thiophene rings is 1. The third kappa shape index (κ3) is 3.32. The molecule has 1 spiro atoms. The molecular formula is C21H23N5O3S. The van der Waals surface area contributed by atoms with Crippen molar-refractivity contribution in [2.24, 2.45) is 0 Å². The smallest absolute Gasteiger partial charge is 0.325 e. The van der Waals surface area contributed by atoms with Crippen LogP contribution in [0.25, 0.3) is 0 Å². The lowest BCUT2D eigenvalue weighted by Crippen LogP contribution is -2.44. The predicted molar refractivity (Wildman–Crippen MR) is 113 cm³/mol. The fourth-order valence-electron chi connectivity index (χ4n) is 4.57. The first kappa shape index (κ1) is 19.0. The summed E-state index contributed by atoms with van der Waals surface area (Å²) in [5.74, 6) is 0.164. The fraction of sp³-hybridized carbons (Fsp3) is 0.429. The number of amides is 4. The Hall–Kier alpha value is -2.94. The number of aromatic nitrogens is 1. The Kier molecular flexibility index (Phi) is 4.69. The highest BCUT2D eigenvalue weighted by atomic mass is 32.1. The number of carbonyl (C=O) groups is 3. The highest BCUT2D eigenvalue weighted by Gasteiger charge is 2.52. The number of fused-ring (bicyclic) bond motifs is 1. The molecule has 156 valence electrons. The number of rotatable bonds is 4. The second-order valence-electron chi connectivity index (χ2n) is 8.10. The lowest BCUT2D eigenvalue weighted by molar-refractivity contribution is -0.133. The lowest BCUT2D eigenvalue weighted by atomic mass is 9.98. The molecule has 8 nitrogen and oxygen atoms in total. The first-order chi connectivity index (χ1) is 14.5. The van der Waals surface area contributed by atoms with Gasteiger partial charge in [-0.1, -0.05) is 12.8 Å². The van der Waals surface area contributed by atoms with Crippen molar-refractivity contribution in [3.63, 3.8) is 0 Å². The Labute approximate surface area is 178 Å². The van der Waals surface area contributed by atoms with E-state index in [1.807, 2.05) is 6.07 Å². The molecular weight excluding hydrogens is 402 g/mol. The van der Waals surface area contributed by atoms with Crippen LogP contribution in [0, 0.1) is 0 Å². The summed E-state index contributed by atoms with van der Waals surface area (Å²) in [5, 5.41) is 7.65. The molecule has 3 aliphatic rings. The summed E-state index contributed by atoms with van der Waals surface area (Å²) in [6.07, 6.45) is 5.74. The van der Waals surface area contributed by atoms with Crippen LogP contribution in [0.5, 0.6) is 0 Å². The molecule has 4 heterocycles. The van der Waals surface area contributed by atoms with Gasteiger partial charge in [-0.2, -0.15) is 0 Å². The molecule has 30 heavy (non-hydrogen) atoms. The van der Waals surface area contributed by atoms with Crippen molar-refractivity contribution in [1.29, 1.82) is 0 Å². The second kappa shape index (κ2) is 7.39. The van der Waals surface area contributed by atoms with E-state index in [4.69, 9.17) is 0 Å². The molecule has 4 amide bonds. The van der Waals surface area contributed by atoms with Crippen molar-refractivity contribution in [1.82, 2.24) is 15.2 Å². The number of anilines is 2. The van der Waals surface area contributed by atoms with E-state index in [2.05, 4.69) is 32.0 Å². The molecule has 0 bridgehead atoms. The summed E-state index contributed by atoms with van der Waals surface area (Å²) in [6.45, 7) is 1.47. The molecule has 0 aromatic carbocycles. The molecule has 1 aliphatic carbocycles. The number of nitrogens with zero attached hydrogens (tertiary/aromatic N) is 3. The summed E-state index contributed by atoms with van der Waals surface area (Å²) in [5.41, 5.74) is 1.09. The maximum absolute atomic E-state index is 12.7. The van der Waals surface area contributed by atoms with E-state index in [0.717, 1.165) is 43.1 Å². The van der Waals surface area contributed by atoms with Crippen molar-refractivity contribution in [3.05, 3.63) is 40.2 Å². The highest BCUT2D eigenvalue weighted by Crippen LogP contribution is 2.35. The topological polar surface area (TPSA) is 94.6 Å². The Morgan fingerprint density at radius 2 is 2.07 bits per heavy atom. The van der Waals surface area contributed by atoms with Crippen LogP contribution in [0.3, 0.4) is 0 Å². The molecule has 0 atom stereocenters. The van der Waals surface area contributed by atoms with Crippen molar-refractivity contribution in [2.45, 2.75) is 44.2 Å². The van der Waals surface area contributed by atoms with Gasteiger partial charge in [0.1, 0.15) is 17.9 Å². The predicted octanol–water partition coefficient (Wildman–Crippen LogP) is 2.51. The number of hydrogen-bond acceptors (Lipinski definition) is 6. The van der Waals surface area contributed by atoms with Crippen molar-refractivity contribution in [2.75, 3.05) is 23.3 Å². The Morgan fingerprint density at radius 1 is 1.23 bits per heavy atom. The quantitative estimate of drug-likeness (QED) is 0.734. The molecule has 9 heteroatoms. The molecule has 2 aromatic heterocycles. The number of nitrogens with one attached hydrogen (secondary N) is 2. The molecule has 0 unspecified atom stereocenters. The monoisotopic (exact) mass is 425 g/mol. The number of pyridine rings is 1. The van der Waals surface area contributed by atoms with Crippen LogP contribution in [-0.4, -0.2) is 46.4 Å². The zero-order valence-electron chi connectivity index (χ0n) is 16.5. The molecule has 2 N–H and O–H groups in total. The third-order valence-corrected chi connectivity index (χ3v) is 7.19. The van der Waals surface area contributed by atoms with Gasteiger partial charge in [-0.05, 0) is 48.4 Å². The summed E-state index contributed by atoms with van der Waals surface area (Å²) in [7, 11) is 0. The van der Waals surface area contributed by atoms with E-state index in [9.17, 15) is 14.4 Å². The average molecular weight is 426 g/mol. The van der Waals surface area contributed by atoms with E-state index in [-0.39, 0.29) is 12.5 Å². The average Bonchev–Trinajstić information content (AvgIpc) is 3.45. The number of urea groups is 1. The molecule has 2 aromatic rings. The summed E-state index contributed by atoms with van der Waals surface area (Å²) < 4.78 is 0. The van der Waals surface area contributed by atoms with E-state index in [1.54, 1.807) is 23.6 Å². The second-order valence-corrected chi connectivity index (χ2v) is 9.11. The minimum atomic E-state index is -0.794. The van der Waals surface area contributed by atoms with E-state index in [0.29, 0.717) is 18.5 Å².